The van der Waals surface area contributed by atoms with E-state index in [1.807, 2.05) is 0 Å². The Labute approximate surface area is 92.3 Å². The zero-order valence-corrected chi connectivity index (χ0v) is 9.50. The molecule has 0 unspecified atom stereocenters. The largest absolute Gasteiger partial charge is 0.440 e. The van der Waals surface area contributed by atoms with E-state index in [1.54, 1.807) is 13.8 Å². The molecule has 0 aliphatic rings. The highest BCUT2D eigenvalue weighted by Gasteiger charge is 2.31. The number of carbonyl (C=O) groups is 1. The van der Waals surface area contributed by atoms with Crippen molar-refractivity contribution in [1.29, 1.82) is 0 Å². The molecule has 0 aliphatic carbocycles. The summed E-state index contributed by atoms with van der Waals surface area (Å²) in [5.41, 5.74) is 0. The Kier molecular flexibility index (Phi) is 6.17. The van der Waals surface area contributed by atoms with Gasteiger partial charge in [0.15, 0.2) is 6.61 Å². The van der Waals surface area contributed by atoms with E-state index in [1.165, 1.54) is 12.0 Å². The standard InChI is InChI=1S/C9H16F3NO3/c1-7(2)13(4-5-15-3)8(14)16-6-9(10,11)12/h7H,4-6H2,1-3H3. The fourth-order valence-electron chi connectivity index (χ4n) is 0.976. The van der Waals surface area contributed by atoms with Crippen LogP contribution in [0.4, 0.5) is 18.0 Å². The van der Waals surface area contributed by atoms with Gasteiger partial charge in [-0.25, -0.2) is 4.79 Å². The molecule has 0 aliphatic heterocycles. The van der Waals surface area contributed by atoms with E-state index in [-0.39, 0.29) is 19.2 Å². The molecule has 96 valence electrons. The predicted octanol–water partition coefficient (Wildman–Crippen LogP) is 2.04. The molecule has 0 fully saturated rings. The lowest BCUT2D eigenvalue weighted by Crippen LogP contribution is -2.40. The van der Waals surface area contributed by atoms with Crippen molar-refractivity contribution >= 4 is 6.09 Å². The fourth-order valence-corrected chi connectivity index (χ4v) is 0.976. The lowest BCUT2D eigenvalue weighted by atomic mass is 10.3. The van der Waals surface area contributed by atoms with Gasteiger partial charge in [-0.3, -0.25) is 0 Å². The smallest absolute Gasteiger partial charge is 0.422 e. The van der Waals surface area contributed by atoms with Crippen molar-refractivity contribution in [3.8, 4) is 0 Å². The van der Waals surface area contributed by atoms with E-state index in [4.69, 9.17) is 4.74 Å². The van der Waals surface area contributed by atoms with Crippen molar-refractivity contribution < 1.29 is 27.4 Å². The zero-order valence-electron chi connectivity index (χ0n) is 9.50. The molecule has 0 bridgehead atoms. The van der Waals surface area contributed by atoms with Crippen LogP contribution in [0.5, 0.6) is 0 Å². The van der Waals surface area contributed by atoms with Gasteiger partial charge in [0.05, 0.1) is 6.61 Å². The van der Waals surface area contributed by atoms with Crippen molar-refractivity contribution in [2.45, 2.75) is 26.1 Å². The summed E-state index contributed by atoms with van der Waals surface area (Å²) in [6, 6.07) is -0.240. The first-order valence-corrected chi connectivity index (χ1v) is 4.77. The van der Waals surface area contributed by atoms with Gasteiger partial charge in [-0.15, -0.1) is 0 Å². The number of amides is 1. The summed E-state index contributed by atoms with van der Waals surface area (Å²) in [6.45, 7) is 2.25. The van der Waals surface area contributed by atoms with Gasteiger partial charge in [0.2, 0.25) is 0 Å². The molecule has 1 amide bonds. The molecule has 0 N–H and O–H groups in total. The van der Waals surface area contributed by atoms with E-state index >= 15 is 0 Å². The number of carbonyl (C=O) groups excluding carboxylic acids is 1. The van der Waals surface area contributed by atoms with E-state index in [0.717, 1.165) is 0 Å². The number of halogens is 3. The molecule has 0 rings (SSSR count). The number of alkyl halides is 3. The summed E-state index contributed by atoms with van der Waals surface area (Å²) in [5, 5.41) is 0. The van der Waals surface area contributed by atoms with E-state index in [0.29, 0.717) is 0 Å². The molecule has 0 atom stereocenters. The Morgan fingerprint density at radius 2 is 1.94 bits per heavy atom. The molecule has 0 spiro atoms. The minimum atomic E-state index is -4.50. The molecule has 0 aromatic rings. The van der Waals surface area contributed by atoms with Gasteiger partial charge in [0.25, 0.3) is 0 Å². The van der Waals surface area contributed by atoms with E-state index < -0.39 is 18.9 Å². The lowest BCUT2D eigenvalue weighted by Gasteiger charge is -2.25. The molecule has 0 heterocycles. The van der Waals surface area contributed by atoms with Crippen LogP contribution in [0, 0.1) is 0 Å². The Bertz CT molecular complexity index is 219. The van der Waals surface area contributed by atoms with Gasteiger partial charge in [-0.05, 0) is 13.8 Å². The Morgan fingerprint density at radius 1 is 1.38 bits per heavy atom. The lowest BCUT2D eigenvalue weighted by molar-refractivity contribution is -0.162. The molecule has 7 heteroatoms. The van der Waals surface area contributed by atoms with Crippen LogP contribution in [0.15, 0.2) is 0 Å². The van der Waals surface area contributed by atoms with E-state index in [9.17, 15) is 18.0 Å². The molecule has 16 heavy (non-hydrogen) atoms. The van der Waals surface area contributed by atoms with Gasteiger partial charge in [-0.1, -0.05) is 0 Å². The topological polar surface area (TPSA) is 38.8 Å². The zero-order chi connectivity index (χ0) is 12.8. The van der Waals surface area contributed by atoms with Gasteiger partial charge >= 0.3 is 12.3 Å². The predicted molar refractivity (Wildman–Crippen MR) is 51.1 cm³/mol. The number of methoxy groups -OCH3 is 1. The average molecular weight is 243 g/mol. The highest BCUT2D eigenvalue weighted by atomic mass is 19.4. The SMILES string of the molecule is COCCN(C(=O)OCC(F)(F)F)C(C)C. The minimum Gasteiger partial charge on any atom is -0.440 e. The van der Waals surface area contributed by atoms with Crippen molar-refractivity contribution in [3.63, 3.8) is 0 Å². The van der Waals surface area contributed by atoms with Gasteiger partial charge < -0.3 is 14.4 Å². The number of hydrogen-bond donors (Lipinski definition) is 0. The summed E-state index contributed by atoms with van der Waals surface area (Å²) < 4.78 is 44.3. The highest BCUT2D eigenvalue weighted by Crippen LogP contribution is 2.15. The van der Waals surface area contributed by atoms with Crippen molar-refractivity contribution in [3.05, 3.63) is 0 Å². The van der Waals surface area contributed by atoms with Crippen LogP contribution in [-0.2, 0) is 9.47 Å². The maximum atomic E-state index is 11.8. The first-order chi connectivity index (χ1) is 7.28. The van der Waals surface area contributed by atoms with Crippen LogP contribution in [0.3, 0.4) is 0 Å². The quantitative estimate of drug-likeness (QED) is 0.741. The molecule has 0 saturated heterocycles. The van der Waals surface area contributed by atoms with Gasteiger partial charge in [0.1, 0.15) is 0 Å². The average Bonchev–Trinajstić information content (AvgIpc) is 2.13. The van der Waals surface area contributed by atoms with Crippen LogP contribution in [0.2, 0.25) is 0 Å². The van der Waals surface area contributed by atoms with Crippen LogP contribution >= 0.6 is 0 Å². The third-order valence-electron chi connectivity index (χ3n) is 1.75. The molecule has 4 nitrogen and oxygen atoms in total. The maximum absolute atomic E-state index is 11.8. The van der Waals surface area contributed by atoms with Crippen LogP contribution in [-0.4, -0.2) is 50.1 Å². The summed E-state index contributed by atoms with van der Waals surface area (Å²) >= 11 is 0. The molecule has 0 aromatic heterocycles. The van der Waals surface area contributed by atoms with Crippen molar-refractivity contribution in [1.82, 2.24) is 4.90 Å². The first-order valence-electron chi connectivity index (χ1n) is 4.77. The number of rotatable bonds is 5. The summed E-state index contributed by atoms with van der Waals surface area (Å²) in [6.07, 6.45) is -5.48. The monoisotopic (exact) mass is 243 g/mol. The van der Waals surface area contributed by atoms with Crippen LogP contribution in [0.1, 0.15) is 13.8 Å². The maximum Gasteiger partial charge on any atom is 0.422 e. The number of ether oxygens (including phenoxy) is 2. The minimum absolute atomic E-state index is 0.199. The fraction of sp³-hybridized carbons (Fsp3) is 0.889. The molecule has 0 radical (unpaired) electrons. The second-order valence-electron chi connectivity index (χ2n) is 3.45. The highest BCUT2D eigenvalue weighted by molar-refractivity contribution is 5.67. The third kappa shape index (κ3) is 6.49. The Morgan fingerprint density at radius 3 is 2.31 bits per heavy atom. The molecule has 0 saturated carbocycles. The van der Waals surface area contributed by atoms with Crippen LogP contribution < -0.4 is 0 Å². The number of nitrogens with zero attached hydrogens (tertiary/aromatic N) is 1. The first kappa shape index (κ1) is 15.0. The normalized spacial score (nSPS) is 11.7. The molecular formula is C9H16F3NO3. The summed E-state index contributed by atoms with van der Waals surface area (Å²) in [5.74, 6) is 0. The molecular weight excluding hydrogens is 227 g/mol. The van der Waals surface area contributed by atoms with E-state index in [2.05, 4.69) is 4.74 Å². The van der Waals surface area contributed by atoms with Crippen molar-refractivity contribution in [2.75, 3.05) is 26.9 Å². The van der Waals surface area contributed by atoms with Gasteiger partial charge in [-0.2, -0.15) is 13.2 Å². The summed E-state index contributed by atoms with van der Waals surface area (Å²) in [4.78, 5) is 12.5. The molecule has 0 aromatic carbocycles. The summed E-state index contributed by atoms with van der Waals surface area (Å²) in [7, 11) is 1.44. The van der Waals surface area contributed by atoms with Crippen LogP contribution in [0.25, 0.3) is 0 Å². The second-order valence-corrected chi connectivity index (χ2v) is 3.45. The number of hydrogen-bond acceptors (Lipinski definition) is 3. The van der Waals surface area contributed by atoms with Crippen molar-refractivity contribution in [2.24, 2.45) is 0 Å². The Balaban J connectivity index is 4.17. The van der Waals surface area contributed by atoms with Gasteiger partial charge in [0, 0.05) is 19.7 Å². The Hall–Kier alpha value is -0.980. The third-order valence-corrected chi connectivity index (χ3v) is 1.75. The second kappa shape index (κ2) is 6.57.